The van der Waals surface area contributed by atoms with Crippen LogP contribution in [-0.4, -0.2) is 26.7 Å². The fourth-order valence-electron chi connectivity index (χ4n) is 2.69. The maximum absolute atomic E-state index is 13.2. The van der Waals surface area contributed by atoms with Gasteiger partial charge in [0.05, 0.1) is 19.0 Å². The van der Waals surface area contributed by atoms with Gasteiger partial charge in [-0.15, -0.1) is 0 Å². The molecule has 0 fully saturated rings. The van der Waals surface area contributed by atoms with Gasteiger partial charge in [-0.05, 0) is 36.4 Å². The van der Waals surface area contributed by atoms with Crippen LogP contribution in [0.1, 0.15) is 0 Å². The van der Waals surface area contributed by atoms with Crippen molar-refractivity contribution in [3.63, 3.8) is 0 Å². The Labute approximate surface area is 137 Å². The standard InChI is InChI=1S/C18H13FN4O/c1-24-17-7-8-20-10-15(17)14-6-9-22-23-16(11-21-18(14)23)12-2-4-13(19)5-3-12/h2-11H,1H3. The molecule has 0 spiro atoms. The number of hydrogen-bond donors (Lipinski definition) is 0. The van der Waals surface area contributed by atoms with E-state index in [0.29, 0.717) is 11.4 Å². The molecule has 0 saturated heterocycles. The summed E-state index contributed by atoms with van der Waals surface area (Å²) < 4.78 is 20.3. The minimum absolute atomic E-state index is 0.277. The molecule has 4 aromatic rings. The lowest BCUT2D eigenvalue weighted by Gasteiger charge is -2.09. The second-order valence-corrected chi connectivity index (χ2v) is 5.21. The Morgan fingerprint density at radius 2 is 1.79 bits per heavy atom. The largest absolute Gasteiger partial charge is 0.496 e. The molecule has 5 nitrogen and oxygen atoms in total. The molecule has 0 unspecified atom stereocenters. The number of hydrogen-bond acceptors (Lipinski definition) is 4. The van der Waals surface area contributed by atoms with Crippen molar-refractivity contribution in [1.82, 2.24) is 19.6 Å². The van der Waals surface area contributed by atoms with Gasteiger partial charge in [0.15, 0.2) is 5.65 Å². The number of imidazole rings is 1. The number of benzene rings is 1. The van der Waals surface area contributed by atoms with Crippen molar-refractivity contribution in [1.29, 1.82) is 0 Å². The van der Waals surface area contributed by atoms with Crippen LogP contribution in [0.5, 0.6) is 5.75 Å². The molecule has 0 radical (unpaired) electrons. The van der Waals surface area contributed by atoms with E-state index < -0.39 is 0 Å². The highest BCUT2D eigenvalue weighted by atomic mass is 19.1. The van der Waals surface area contributed by atoms with Crippen LogP contribution in [0.3, 0.4) is 0 Å². The first-order valence-corrected chi connectivity index (χ1v) is 7.35. The second-order valence-electron chi connectivity index (χ2n) is 5.21. The summed E-state index contributed by atoms with van der Waals surface area (Å²) in [4.78, 5) is 8.66. The molecule has 3 aromatic heterocycles. The van der Waals surface area contributed by atoms with Crippen LogP contribution in [0.2, 0.25) is 0 Å². The van der Waals surface area contributed by atoms with E-state index in [1.807, 2.05) is 6.07 Å². The van der Waals surface area contributed by atoms with Gasteiger partial charge in [0.1, 0.15) is 11.6 Å². The summed E-state index contributed by atoms with van der Waals surface area (Å²) in [5.74, 6) is 0.436. The van der Waals surface area contributed by atoms with E-state index in [-0.39, 0.29) is 5.82 Å². The third-order valence-electron chi connectivity index (χ3n) is 3.83. The highest BCUT2D eigenvalue weighted by molar-refractivity contribution is 5.82. The number of aromatic nitrogens is 4. The summed E-state index contributed by atoms with van der Waals surface area (Å²) in [6.07, 6.45) is 6.84. The van der Waals surface area contributed by atoms with E-state index in [2.05, 4.69) is 15.1 Å². The molecule has 0 atom stereocenters. The SMILES string of the molecule is COc1ccncc1-c1ccnn2c(-c3ccc(F)cc3)cnc12. The summed E-state index contributed by atoms with van der Waals surface area (Å²) in [5, 5.41) is 4.38. The highest BCUT2D eigenvalue weighted by Gasteiger charge is 2.14. The minimum atomic E-state index is -0.277. The fourth-order valence-corrected chi connectivity index (χ4v) is 2.69. The number of fused-ring (bicyclic) bond motifs is 1. The summed E-state index contributed by atoms with van der Waals surface area (Å²) in [7, 11) is 1.62. The summed E-state index contributed by atoms with van der Waals surface area (Å²) in [6, 6.07) is 9.92. The van der Waals surface area contributed by atoms with Crippen molar-refractivity contribution in [2.45, 2.75) is 0 Å². The van der Waals surface area contributed by atoms with E-state index in [0.717, 1.165) is 22.4 Å². The van der Waals surface area contributed by atoms with Gasteiger partial charge in [0.25, 0.3) is 0 Å². The summed E-state index contributed by atoms with van der Waals surface area (Å²) >= 11 is 0. The van der Waals surface area contributed by atoms with Gasteiger partial charge < -0.3 is 4.74 Å². The normalized spacial score (nSPS) is 10.9. The van der Waals surface area contributed by atoms with Crippen molar-refractivity contribution in [2.24, 2.45) is 0 Å². The zero-order valence-electron chi connectivity index (χ0n) is 12.8. The number of methoxy groups -OCH3 is 1. The number of rotatable bonds is 3. The molecule has 0 bridgehead atoms. The third-order valence-corrected chi connectivity index (χ3v) is 3.83. The smallest absolute Gasteiger partial charge is 0.162 e. The molecule has 3 heterocycles. The van der Waals surface area contributed by atoms with Crippen LogP contribution >= 0.6 is 0 Å². The van der Waals surface area contributed by atoms with Crippen LogP contribution in [0.25, 0.3) is 28.0 Å². The summed E-state index contributed by atoms with van der Waals surface area (Å²) in [6.45, 7) is 0. The summed E-state index contributed by atoms with van der Waals surface area (Å²) in [5.41, 5.74) is 4.01. The van der Waals surface area contributed by atoms with Crippen molar-refractivity contribution in [2.75, 3.05) is 7.11 Å². The first-order chi connectivity index (χ1) is 11.8. The van der Waals surface area contributed by atoms with Crippen LogP contribution in [0.15, 0.2) is 61.2 Å². The molecule has 0 aliphatic carbocycles. The molecule has 0 amide bonds. The lowest BCUT2D eigenvalue weighted by Crippen LogP contribution is -1.97. The van der Waals surface area contributed by atoms with E-state index in [4.69, 9.17) is 4.74 Å². The quantitative estimate of drug-likeness (QED) is 0.579. The number of ether oxygens (including phenoxy) is 1. The van der Waals surface area contributed by atoms with E-state index in [9.17, 15) is 4.39 Å². The van der Waals surface area contributed by atoms with E-state index in [1.54, 1.807) is 54.6 Å². The monoisotopic (exact) mass is 320 g/mol. The first-order valence-electron chi connectivity index (χ1n) is 7.35. The first kappa shape index (κ1) is 14.3. The Balaban J connectivity index is 1.92. The van der Waals surface area contributed by atoms with Crippen LogP contribution < -0.4 is 4.74 Å². The molecule has 1 aromatic carbocycles. The van der Waals surface area contributed by atoms with E-state index >= 15 is 0 Å². The topological polar surface area (TPSA) is 52.3 Å². The molecular formula is C18H13FN4O. The van der Waals surface area contributed by atoms with Gasteiger partial charge in [-0.3, -0.25) is 4.98 Å². The Morgan fingerprint density at radius 1 is 0.958 bits per heavy atom. The zero-order chi connectivity index (χ0) is 16.5. The lowest BCUT2D eigenvalue weighted by molar-refractivity contribution is 0.416. The van der Waals surface area contributed by atoms with E-state index in [1.165, 1.54) is 12.1 Å². The number of nitrogens with zero attached hydrogens (tertiary/aromatic N) is 4. The van der Waals surface area contributed by atoms with Gasteiger partial charge in [-0.25, -0.2) is 13.9 Å². The fraction of sp³-hybridized carbons (Fsp3) is 0.0556. The molecule has 4 rings (SSSR count). The maximum Gasteiger partial charge on any atom is 0.162 e. The van der Waals surface area contributed by atoms with Crippen molar-refractivity contribution in [3.05, 3.63) is 67.0 Å². The van der Waals surface area contributed by atoms with Gasteiger partial charge >= 0.3 is 0 Å². The lowest BCUT2D eigenvalue weighted by atomic mass is 10.1. The number of halogens is 1. The highest BCUT2D eigenvalue weighted by Crippen LogP contribution is 2.32. The molecule has 0 aliphatic heterocycles. The Bertz CT molecular complexity index is 1010. The van der Waals surface area contributed by atoms with Crippen molar-refractivity contribution in [3.8, 4) is 28.1 Å². The molecule has 0 N–H and O–H groups in total. The molecule has 6 heteroatoms. The van der Waals surface area contributed by atoms with Gasteiger partial charge in [0.2, 0.25) is 0 Å². The van der Waals surface area contributed by atoms with Crippen LogP contribution in [0.4, 0.5) is 4.39 Å². The van der Waals surface area contributed by atoms with Gasteiger partial charge in [0, 0.05) is 35.3 Å². The predicted octanol–water partition coefficient (Wildman–Crippen LogP) is 3.61. The average Bonchev–Trinajstić information content (AvgIpc) is 3.06. The van der Waals surface area contributed by atoms with Crippen LogP contribution in [-0.2, 0) is 0 Å². The van der Waals surface area contributed by atoms with Crippen molar-refractivity contribution >= 4 is 5.65 Å². The Kier molecular flexibility index (Phi) is 3.42. The number of pyridine rings is 1. The van der Waals surface area contributed by atoms with Crippen molar-refractivity contribution < 1.29 is 9.13 Å². The van der Waals surface area contributed by atoms with Crippen LogP contribution in [0, 0.1) is 5.82 Å². The predicted molar refractivity (Wildman–Crippen MR) is 88.2 cm³/mol. The minimum Gasteiger partial charge on any atom is -0.496 e. The average molecular weight is 320 g/mol. The van der Waals surface area contributed by atoms with Gasteiger partial charge in [-0.1, -0.05) is 0 Å². The maximum atomic E-state index is 13.2. The molecule has 24 heavy (non-hydrogen) atoms. The molecular weight excluding hydrogens is 307 g/mol. The second kappa shape index (κ2) is 5.73. The zero-order valence-corrected chi connectivity index (χ0v) is 12.8. The molecule has 0 aliphatic rings. The molecule has 118 valence electrons. The Hall–Kier alpha value is -3.28. The molecule has 0 saturated carbocycles. The van der Waals surface area contributed by atoms with Gasteiger partial charge in [-0.2, -0.15) is 5.10 Å². The third kappa shape index (κ3) is 2.28. The Morgan fingerprint density at radius 3 is 2.58 bits per heavy atom.